The number of imide groups is 1. The molecule has 168 valence electrons. The number of hydrogen-bond acceptors (Lipinski definition) is 5. The van der Waals surface area contributed by atoms with Gasteiger partial charge in [-0.15, -0.1) is 0 Å². The van der Waals surface area contributed by atoms with E-state index in [0.29, 0.717) is 27.8 Å². The first-order chi connectivity index (χ1) is 15.9. The van der Waals surface area contributed by atoms with Gasteiger partial charge in [0.05, 0.1) is 11.4 Å². The molecule has 1 aliphatic rings. The molecule has 3 aromatic carbocycles. The predicted molar refractivity (Wildman–Crippen MR) is 132 cm³/mol. The SMILES string of the molecule is O=C1S/C(=C\c2cc(Cc3ccccc3Cl)ccc2O)C(=O)N1CCOc1ccc(Cl)cc1. The molecule has 5 nitrogen and oxygen atoms in total. The lowest BCUT2D eigenvalue weighted by molar-refractivity contribution is -0.123. The third kappa shape index (κ3) is 5.71. The molecule has 1 N–H and O–H groups in total. The number of rotatable bonds is 7. The summed E-state index contributed by atoms with van der Waals surface area (Å²) in [6.07, 6.45) is 2.11. The molecular weight excluding hydrogens is 481 g/mol. The fourth-order valence-corrected chi connectivity index (χ4v) is 4.50. The highest BCUT2D eigenvalue weighted by molar-refractivity contribution is 8.18. The van der Waals surface area contributed by atoms with Crippen LogP contribution in [0.15, 0.2) is 71.6 Å². The lowest BCUT2D eigenvalue weighted by atomic mass is 10.0. The van der Waals surface area contributed by atoms with Crippen molar-refractivity contribution in [3.63, 3.8) is 0 Å². The van der Waals surface area contributed by atoms with Crippen LogP contribution in [-0.2, 0) is 11.2 Å². The topological polar surface area (TPSA) is 66.8 Å². The molecule has 3 aromatic rings. The number of phenolic OH excluding ortho intramolecular Hbond substituents is 1. The summed E-state index contributed by atoms with van der Waals surface area (Å²) in [5.74, 6) is 0.207. The van der Waals surface area contributed by atoms with Gasteiger partial charge in [0, 0.05) is 15.6 Å². The van der Waals surface area contributed by atoms with Crippen molar-refractivity contribution in [2.75, 3.05) is 13.2 Å². The number of benzene rings is 3. The molecular formula is C25H19Cl2NO4S. The smallest absolute Gasteiger partial charge is 0.293 e. The van der Waals surface area contributed by atoms with Crippen LogP contribution in [0.25, 0.3) is 6.08 Å². The Labute approximate surface area is 205 Å². The van der Waals surface area contributed by atoms with E-state index in [4.69, 9.17) is 27.9 Å². The summed E-state index contributed by atoms with van der Waals surface area (Å²) in [7, 11) is 0. The molecule has 0 aromatic heterocycles. The summed E-state index contributed by atoms with van der Waals surface area (Å²) in [5.41, 5.74) is 2.34. The second-order valence-electron chi connectivity index (χ2n) is 7.30. The first kappa shape index (κ1) is 23.2. The van der Waals surface area contributed by atoms with Crippen LogP contribution in [-0.4, -0.2) is 34.3 Å². The molecule has 8 heteroatoms. The molecule has 4 rings (SSSR count). The highest BCUT2D eigenvalue weighted by atomic mass is 35.5. The van der Waals surface area contributed by atoms with Gasteiger partial charge < -0.3 is 9.84 Å². The van der Waals surface area contributed by atoms with Gasteiger partial charge in [0.2, 0.25) is 0 Å². The van der Waals surface area contributed by atoms with Crippen LogP contribution in [0.2, 0.25) is 10.0 Å². The molecule has 1 heterocycles. The van der Waals surface area contributed by atoms with Crippen LogP contribution in [0.3, 0.4) is 0 Å². The van der Waals surface area contributed by atoms with Crippen molar-refractivity contribution in [2.24, 2.45) is 0 Å². The van der Waals surface area contributed by atoms with Crippen molar-refractivity contribution in [1.29, 1.82) is 0 Å². The minimum Gasteiger partial charge on any atom is -0.507 e. The van der Waals surface area contributed by atoms with Crippen molar-refractivity contribution >= 4 is 52.2 Å². The summed E-state index contributed by atoms with van der Waals surface area (Å²) in [6, 6.07) is 19.5. The number of carbonyl (C=O) groups excluding carboxylic acids is 2. The number of phenols is 1. The standard InChI is InChI=1S/C25H19Cl2NO4S/c26-19-6-8-20(9-7-19)32-12-11-28-24(30)23(33-25(28)31)15-18-14-16(5-10-22(18)29)13-17-3-1-2-4-21(17)27/h1-10,14-15,29H,11-13H2/b23-15-. The third-order valence-electron chi connectivity index (χ3n) is 5.00. The summed E-state index contributed by atoms with van der Waals surface area (Å²) in [5, 5.41) is 11.2. The molecule has 0 aliphatic carbocycles. The van der Waals surface area contributed by atoms with Gasteiger partial charge in [0.15, 0.2) is 0 Å². The van der Waals surface area contributed by atoms with E-state index in [2.05, 4.69) is 0 Å². The van der Waals surface area contributed by atoms with Gasteiger partial charge in [-0.05, 0) is 77.9 Å². The fourth-order valence-electron chi connectivity index (χ4n) is 3.31. The van der Waals surface area contributed by atoms with Crippen molar-refractivity contribution < 1.29 is 19.4 Å². The van der Waals surface area contributed by atoms with Crippen LogP contribution < -0.4 is 4.74 Å². The van der Waals surface area contributed by atoms with Gasteiger partial charge in [-0.2, -0.15) is 0 Å². The number of ether oxygens (including phenoxy) is 1. The Morgan fingerprint density at radius 2 is 1.76 bits per heavy atom. The van der Waals surface area contributed by atoms with Crippen molar-refractivity contribution in [3.05, 3.63) is 98.4 Å². The summed E-state index contributed by atoms with van der Waals surface area (Å²) < 4.78 is 5.59. The normalized spacial score (nSPS) is 14.8. The van der Waals surface area contributed by atoms with E-state index in [9.17, 15) is 14.7 Å². The lowest BCUT2D eigenvalue weighted by Gasteiger charge is -2.13. The second-order valence-corrected chi connectivity index (χ2v) is 9.13. The molecule has 0 radical (unpaired) electrons. The first-order valence-electron chi connectivity index (χ1n) is 10.1. The molecule has 0 bridgehead atoms. The molecule has 1 fully saturated rings. The number of carbonyl (C=O) groups is 2. The van der Waals surface area contributed by atoms with Crippen molar-refractivity contribution in [1.82, 2.24) is 4.90 Å². The molecule has 1 aliphatic heterocycles. The van der Waals surface area contributed by atoms with E-state index in [1.54, 1.807) is 42.5 Å². The average molecular weight is 500 g/mol. The van der Waals surface area contributed by atoms with Gasteiger partial charge in [-0.3, -0.25) is 14.5 Å². The Kier molecular flexibility index (Phi) is 7.28. The minimum atomic E-state index is -0.416. The molecule has 1 saturated heterocycles. The zero-order valence-electron chi connectivity index (χ0n) is 17.3. The van der Waals surface area contributed by atoms with Gasteiger partial charge in [-0.25, -0.2) is 0 Å². The third-order valence-corrected chi connectivity index (χ3v) is 6.53. The van der Waals surface area contributed by atoms with Crippen molar-refractivity contribution in [2.45, 2.75) is 6.42 Å². The van der Waals surface area contributed by atoms with Crippen LogP contribution in [0.1, 0.15) is 16.7 Å². The van der Waals surface area contributed by atoms with Gasteiger partial charge in [0.1, 0.15) is 18.1 Å². The Morgan fingerprint density at radius 3 is 2.52 bits per heavy atom. The number of hydrogen-bond donors (Lipinski definition) is 1. The first-order valence-corrected chi connectivity index (χ1v) is 11.7. The molecule has 0 spiro atoms. The Bertz CT molecular complexity index is 1230. The maximum Gasteiger partial charge on any atom is 0.293 e. The molecule has 33 heavy (non-hydrogen) atoms. The number of nitrogens with zero attached hydrogens (tertiary/aromatic N) is 1. The number of thioether (sulfide) groups is 1. The summed E-state index contributed by atoms with van der Waals surface area (Å²) >= 11 is 12.9. The van der Waals surface area contributed by atoms with Crippen molar-refractivity contribution in [3.8, 4) is 11.5 Å². The molecule has 2 amide bonds. The van der Waals surface area contributed by atoms with Crippen LogP contribution in [0, 0.1) is 0 Å². The Hall–Kier alpha value is -2.93. The predicted octanol–water partition coefficient (Wildman–Crippen LogP) is 6.41. The Balaban J connectivity index is 1.45. The van der Waals surface area contributed by atoms with E-state index >= 15 is 0 Å². The largest absolute Gasteiger partial charge is 0.507 e. The van der Waals surface area contributed by atoms with E-state index in [0.717, 1.165) is 27.8 Å². The molecule has 0 saturated carbocycles. The number of aromatic hydroxyl groups is 1. The molecule has 0 atom stereocenters. The van der Waals surface area contributed by atoms with Crippen LogP contribution in [0.4, 0.5) is 4.79 Å². The average Bonchev–Trinajstić information content (AvgIpc) is 3.06. The lowest BCUT2D eigenvalue weighted by Crippen LogP contribution is -2.32. The maximum atomic E-state index is 12.8. The maximum absolute atomic E-state index is 12.8. The van der Waals surface area contributed by atoms with Gasteiger partial charge in [-0.1, -0.05) is 47.5 Å². The Morgan fingerprint density at radius 1 is 1.00 bits per heavy atom. The van der Waals surface area contributed by atoms with Crippen LogP contribution in [0.5, 0.6) is 11.5 Å². The van der Waals surface area contributed by atoms with Gasteiger partial charge >= 0.3 is 0 Å². The van der Waals surface area contributed by atoms with E-state index < -0.39 is 5.91 Å². The molecule has 0 unspecified atom stereocenters. The van der Waals surface area contributed by atoms with Crippen LogP contribution >= 0.6 is 35.0 Å². The van der Waals surface area contributed by atoms with E-state index in [1.807, 2.05) is 24.3 Å². The fraction of sp³-hybridized carbons (Fsp3) is 0.120. The highest BCUT2D eigenvalue weighted by Gasteiger charge is 2.35. The quantitative estimate of drug-likeness (QED) is 0.380. The minimum absolute atomic E-state index is 0.0239. The van der Waals surface area contributed by atoms with E-state index in [-0.39, 0.29) is 29.0 Å². The zero-order chi connectivity index (χ0) is 23.4. The summed E-state index contributed by atoms with van der Waals surface area (Å²) in [6.45, 7) is 0.273. The monoisotopic (exact) mass is 499 g/mol. The highest BCUT2D eigenvalue weighted by Crippen LogP contribution is 2.34. The second kappa shape index (κ2) is 10.3. The zero-order valence-corrected chi connectivity index (χ0v) is 19.7. The summed E-state index contributed by atoms with van der Waals surface area (Å²) in [4.78, 5) is 26.5. The van der Waals surface area contributed by atoms with Gasteiger partial charge in [0.25, 0.3) is 11.1 Å². The number of halogens is 2. The van der Waals surface area contributed by atoms with E-state index in [1.165, 1.54) is 6.08 Å². The number of amides is 2.